The van der Waals surface area contributed by atoms with Crippen LogP contribution < -0.4 is 19.6 Å². The van der Waals surface area contributed by atoms with Gasteiger partial charge >= 0.3 is 0 Å². The predicted octanol–water partition coefficient (Wildman–Crippen LogP) is 17.6. The Morgan fingerprint density at radius 3 is 0.713 bits per heavy atom. The highest BCUT2D eigenvalue weighted by Crippen LogP contribution is 2.42. The molecule has 636 valence electrons. The van der Waals surface area contributed by atoms with Gasteiger partial charge < -0.3 is 39.2 Å². The average Bonchev–Trinajstić information content (AvgIpc) is 1.61. The standard InChI is InChI=1S/2C25H29N3O2S.2C24H27N3O2S/c1-26-16-12-20(13-17-26)24-19-28(31(29,30)22-8-4-2-5-9-22)25-11-10-21(18-23(24)25)27-14-6-3-7-15-27;1-26-16-12-20(13-17-26)24-19-28(31(29,30)22-8-4-2-5-9-22)25-18-21(10-11-23(24)25)27-14-6-3-7-15-27;1-25-15-11-19(12-16-25)23-18-27(30(28,29)21-7-3-2-4-8-21)24-10-9-20(17-22(23)24)26-13-5-6-14-26;1-25-15-11-19(12-16-25)23-18-27(30(28,29)21-7-3-2-4-8-21)24-17-20(9-10-22(23)24)26-13-5-6-14-26/h2*2,4-5,8-12,18-19H,3,6-7,13-17H2,1H3;2*2-4,7-11,17-18H,5-6,12-16H2,1H3. The third-order valence-electron chi connectivity index (χ3n) is 25.6. The van der Waals surface area contributed by atoms with Gasteiger partial charge in [-0.1, -0.05) is 109 Å². The molecule has 8 aromatic carbocycles. The fourth-order valence-corrected chi connectivity index (χ4v) is 24.0. The number of fused-ring (bicyclic) bond motifs is 4. The van der Waals surface area contributed by atoms with Gasteiger partial charge in [-0.2, -0.15) is 0 Å². The number of anilines is 4. The predicted molar refractivity (Wildman–Crippen MR) is 499 cm³/mol. The fraction of sp³-hybridized carbons (Fsp3) is 0.347. The Morgan fingerprint density at radius 2 is 0.459 bits per heavy atom. The van der Waals surface area contributed by atoms with Gasteiger partial charge in [-0.25, -0.2) is 49.6 Å². The molecule has 8 aliphatic heterocycles. The summed E-state index contributed by atoms with van der Waals surface area (Å²) in [5.74, 6) is 0. The highest BCUT2D eigenvalue weighted by atomic mass is 32.2. The van der Waals surface area contributed by atoms with Crippen molar-refractivity contribution in [1.29, 1.82) is 0 Å². The first kappa shape index (κ1) is 84.0. The number of nitrogens with zero attached hydrogens (tertiary/aromatic N) is 12. The van der Waals surface area contributed by atoms with E-state index in [1.807, 2.05) is 61.2 Å². The summed E-state index contributed by atoms with van der Waals surface area (Å²) in [5, 5.41) is 4.07. The number of aromatic nitrogens is 4. The van der Waals surface area contributed by atoms with E-state index in [1.54, 1.807) is 97.1 Å². The zero-order valence-electron chi connectivity index (χ0n) is 70.6. The van der Waals surface area contributed by atoms with Crippen LogP contribution in [-0.4, -0.2) is 202 Å². The number of likely N-dealkylation sites (N-methyl/N-ethyl adjacent to an activating group) is 4. The Kier molecular flexibility index (Phi) is 25.0. The van der Waals surface area contributed by atoms with E-state index in [0.717, 1.165) is 208 Å². The molecule has 0 aliphatic carbocycles. The minimum atomic E-state index is -3.68. The van der Waals surface area contributed by atoms with Crippen LogP contribution in [0.1, 0.15) is 112 Å². The number of piperidine rings is 2. The Morgan fingerprint density at radius 1 is 0.230 bits per heavy atom. The lowest BCUT2D eigenvalue weighted by Gasteiger charge is -2.29. The van der Waals surface area contributed by atoms with Crippen molar-refractivity contribution in [2.75, 3.05) is 153 Å². The summed E-state index contributed by atoms with van der Waals surface area (Å²) in [6.45, 7) is 15.9. The minimum absolute atomic E-state index is 0.314. The normalized spacial score (nSPS) is 18.3. The highest BCUT2D eigenvalue weighted by Gasteiger charge is 2.31. The molecule has 8 aliphatic rings. The molecular formula is C98H112N12O8S4. The van der Waals surface area contributed by atoms with Gasteiger partial charge in [0, 0.05) is 196 Å². The lowest BCUT2D eigenvalue weighted by Crippen LogP contribution is -2.29. The smallest absolute Gasteiger partial charge is 0.268 e. The molecule has 4 fully saturated rings. The quantitative estimate of drug-likeness (QED) is 0.0890. The molecule has 0 unspecified atom stereocenters. The van der Waals surface area contributed by atoms with Crippen molar-refractivity contribution in [3.05, 3.63) is 265 Å². The highest BCUT2D eigenvalue weighted by molar-refractivity contribution is 7.91. The molecule has 0 spiro atoms. The van der Waals surface area contributed by atoms with E-state index in [1.165, 1.54) is 114 Å². The zero-order chi connectivity index (χ0) is 84.3. The summed E-state index contributed by atoms with van der Waals surface area (Å²) in [7, 11) is -6.23. The zero-order valence-corrected chi connectivity index (χ0v) is 73.8. The van der Waals surface area contributed by atoms with E-state index in [-0.39, 0.29) is 0 Å². The second-order valence-corrected chi connectivity index (χ2v) is 41.1. The summed E-state index contributed by atoms with van der Waals surface area (Å²) in [5.41, 5.74) is 16.7. The van der Waals surface area contributed by atoms with Crippen molar-refractivity contribution in [3.8, 4) is 0 Å². The van der Waals surface area contributed by atoms with Crippen molar-refractivity contribution >= 4 is 129 Å². The van der Waals surface area contributed by atoms with E-state index >= 15 is 0 Å². The van der Waals surface area contributed by atoms with Crippen molar-refractivity contribution < 1.29 is 33.7 Å². The lowest BCUT2D eigenvalue weighted by molar-refractivity contribution is 0.370. The maximum absolute atomic E-state index is 13.6. The van der Waals surface area contributed by atoms with Crippen LogP contribution in [0.25, 0.3) is 65.9 Å². The molecule has 122 heavy (non-hydrogen) atoms. The molecule has 20 rings (SSSR count). The fourth-order valence-electron chi connectivity index (χ4n) is 18.5. The first-order valence-electron chi connectivity index (χ1n) is 43.5. The molecule has 24 heteroatoms. The Hall–Kier alpha value is -10.3. The van der Waals surface area contributed by atoms with E-state index in [9.17, 15) is 33.7 Å². The molecular weight excluding hydrogens is 1600 g/mol. The van der Waals surface area contributed by atoms with Crippen molar-refractivity contribution in [1.82, 2.24) is 35.5 Å². The molecule has 4 saturated heterocycles. The third kappa shape index (κ3) is 17.6. The minimum Gasteiger partial charge on any atom is -0.372 e. The van der Waals surface area contributed by atoms with E-state index in [2.05, 4.69) is 152 Å². The molecule has 12 heterocycles. The number of rotatable bonds is 16. The molecule has 4 aromatic heterocycles. The van der Waals surface area contributed by atoms with Gasteiger partial charge in [-0.05, 0) is 250 Å². The Balaban J connectivity index is 0.000000116. The maximum atomic E-state index is 13.6. The summed E-state index contributed by atoms with van der Waals surface area (Å²) < 4.78 is 114. The summed E-state index contributed by atoms with van der Waals surface area (Å²) in [6, 6.07) is 60.0. The van der Waals surface area contributed by atoms with Crippen molar-refractivity contribution in [2.24, 2.45) is 0 Å². The van der Waals surface area contributed by atoms with Crippen molar-refractivity contribution in [3.63, 3.8) is 0 Å². The molecule has 0 saturated carbocycles. The first-order valence-corrected chi connectivity index (χ1v) is 49.3. The summed E-state index contributed by atoms with van der Waals surface area (Å²) in [4.78, 5) is 19.9. The lowest BCUT2D eigenvalue weighted by atomic mass is 9.98. The molecule has 0 amide bonds. The molecule has 20 nitrogen and oxygen atoms in total. The molecule has 12 aromatic rings. The van der Waals surface area contributed by atoms with Crippen molar-refractivity contribution in [2.45, 2.75) is 109 Å². The average molecular weight is 1710 g/mol. The number of hydrogen-bond donors (Lipinski definition) is 0. The third-order valence-corrected chi connectivity index (χ3v) is 32.4. The summed E-state index contributed by atoms with van der Waals surface area (Å²) >= 11 is 0. The SMILES string of the molecule is CN1CC=C(c2cn(S(=O)(=O)c3ccccc3)c3cc(N4CCCC4)ccc23)CC1.CN1CC=C(c2cn(S(=O)(=O)c3ccccc3)c3cc(N4CCCCC4)ccc23)CC1.CN1CC=C(c2cn(S(=O)(=O)c3ccccc3)c3ccc(N4CCCC4)cc23)CC1.CN1CC=C(c2cn(S(=O)(=O)c3ccccc3)c3ccc(N4CCCCC4)cc23)CC1. The molecule has 0 bridgehead atoms. The second-order valence-electron chi connectivity index (χ2n) is 33.9. The van der Waals surface area contributed by atoms with Gasteiger partial charge in [-0.3, -0.25) is 0 Å². The van der Waals surface area contributed by atoms with Crippen LogP contribution in [0, 0.1) is 0 Å². The number of benzene rings is 8. The summed E-state index contributed by atoms with van der Waals surface area (Å²) in [6.07, 6.45) is 32.1. The second kappa shape index (κ2) is 36.3. The van der Waals surface area contributed by atoms with Gasteiger partial charge in [0.1, 0.15) is 0 Å². The van der Waals surface area contributed by atoms with Crippen LogP contribution >= 0.6 is 0 Å². The van der Waals surface area contributed by atoms with Crippen LogP contribution in [-0.2, 0) is 40.1 Å². The van der Waals surface area contributed by atoms with Crippen LogP contribution in [0.4, 0.5) is 22.7 Å². The van der Waals surface area contributed by atoms with Crippen LogP contribution in [0.3, 0.4) is 0 Å². The van der Waals surface area contributed by atoms with Gasteiger partial charge in [0.25, 0.3) is 40.1 Å². The van der Waals surface area contributed by atoms with E-state index < -0.39 is 40.1 Å². The first-order chi connectivity index (χ1) is 59.1. The van der Waals surface area contributed by atoms with E-state index in [4.69, 9.17) is 0 Å². The molecule has 0 atom stereocenters. The van der Waals surface area contributed by atoms with Crippen LogP contribution in [0.5, 0.6) is 0 Å². The monoisotopic (exact) mass is 1710 g/mol. The Bertz CT molecular complexity index is 6410. The van der Waals surface area contributed by atoms with Gasteiger partial charge in [-0.15, -0.1) is 0 Å². The number of hydrogen-bond acceptors (Lipinski definition) is 16. The van der Waals surface area contributed by atoms with Gasteiger partial charge in [0.15, 0.2) is 0 Å². The van der Waals surface area contributed by atoms with Crippen LogP contribution in [0.15, 0.2) is 263 Å². The maximum Gasteiger partial charge on any atom is 0.268 e. The Labute approximate surface area is 720 Å². The van der Waals surface area contributed by atoms with E-state index in [0.29, 0.717) is 19.6 Å². The largest absolute Gasteiger partial charge is 0.372 e. The topological polar surface area (TPSA) is 182 Å². The molecule has 0 N–H and O–H groups in total. The van der Waals surface area contributed by atoms with Gasteiger partial charge in [0.2, 0.25) is 0 Å². The molecule has 0 radical (unpaired) electrons. The van der Waals surface area contributed by atoms with Crippen LogP contribution in [0.2, 0.25) is 0 Å². The van der Waals surface area contributed by atoms with Gasteiger partial charge in [0.05, 0.1) is 41.6 Å².